The Hall–Kier alpha value is -1.75. The summed E-state index contributed by atoms with van der Waals surface area (Å²) in [5.41, 5.74) is -3.07. The van der Waals surface area contributed by atoms with Gasteiger partial charge in [-0.15, -0.1) is 30.5 Å². The lowest BCUT2D eigenvalue weighted by Gasteiger charge is -2.49. The van der Waals surface area contributed by atoms with E-state index in [1.165, 1.54) is 0 Å². The molecule has 2 aliphatic heterocycles. The van der Waals surface area contributed by atoms with Gasteiger partial charge in [0, 0.05) is 47.8 Å². The first-order chi connectivity index (χ1) is 14.0. The van der Waals surface area contributed by atoms with Crippen LogP contribution in [-0.2, 0) is 10.4 Å². The van der Waals surface area contributed by atoms with Gasteiger partial charge in [-0.1, -0.05) is 0 Å². The SMILES string of the molecule is CC1(C)CC(Oc2nc(OC3CC(C)(C)N([O])C(C)(C)C3)[nH]c(=O)n2)CC(C)(C)N1[O]. The largest absolute Gasteiger partial charge is 0.461 e. The van der Waals surface area contributed by atoms with Crippen molar-refractivity contribution in [3.05, 3.63) is 10.5 Å². The van der Waals surface area contributed by atoms with Gasteiger partial charge in [-0.25, -0.2) is 4.79 Å². The van der Waals surface area contributed by atoms with Crippen molar-refractivity contribution in [1.29, 1.82) is 0 Å². The number of nitrogens with one attached hydrogen (secondary N) is 1. The van der Waals surface area contributed by atoms with E-state index in [-0.39, 0.29) is 24.2 Å². The van der Waals surface area contributed by atoms with Crippen LogP contribution in [0.2, 0.25) is 0 Å². The number of hydrogen-bond acceptors (Lipinski definition) is 7. The lowest BCUT2D eigenvalue weighted by molar-refractivity contribution is -0.297. The number of H-pyrrole nitrogens is 1. The number of hydrogen-bond donors (Lipinski definition) is 1. The van der Waals surface area contributed by atoms with E-state index in [1.807, 2.05) is 55.4 Å². The lowest BCUT2D eigenvalue weighted by Crippen LogP contribution is -2.60. The molecule has 0 amide bonds. The summed E-state index contributed by atoms with van der Waals surface area (Å²) >= 11 is 0. The zero-order valence-electron chi connectivity index (χ0n) is 19.8. The zero-order valence-corrected chi connectivity index (χ0v) is 19.8. The van der Waals surface area contributed by atoms with Crippen LogP contribution < -0.4 is 15.2 Å². The van der Waals surface area contributed by atoms with Crippen LogP contribution in [0.1, 0.15) is 81.1 Å². The average Bonchev–Trinajstić information content (AvgIpc) is 2.56. The lowest BCUT2D eigenvalue weighted by atomic mass is 9.80. The molecule has 3 rings (SSSR count). The van der Waals surface area contributed by atoms with Crippen molar-refractivity contribution in [2.75, 3.05) is 0 Å². The highest BCUT2D eigenvalue weighted by molar-refractivity contribution is 5.05. The van der Waals surface area contributed by atoms with Crippen molar-refractivity contribution in [1.82, 2.24) is 25.1 Å². The van der Waals surface area contributed by atoms with Crippen molar-refractivity contribution in [3.8, 4) is 12.0 Å². The molecular formula is C21H35N5O5. The van der Waals surface area contributed by atoms with Crippen LogP contribution in [0, 0.1) is 0 Å². The van der Waals surface area contributed by atoms with Crippen LogP contribution in [-0.4, -0.2) is 59.4 Å². The van der Waals surface area contributed by atoms with Gasteiger partial charge in [0.2, 0.25) is 0 Å². The first kappa shape index (κ1) is 23.9. The summed E-state index contributed by atoms with van der Waals surface area (Å²) in [5.74, 6) is 0. The minimum absolute atomic E-state index is 0.0192. The number of hydroxylamine groups is 4. The summed E-state index contributed by atoms with van der Waals surface area (Å²) in [6, 6.07) is -0.0554. The van der Waals surface area contributed by atoms with Gasteiger partial charge in [0.25, 0.3) is 0 Å². The molecule has 2 radical (unpaired) electrons. The maximum atomic E-state index is 12.6. The van der Waals surface area contributed by atoms with Crippen LogP contribution in [0.15, 0.2) is 4.79 Å². The van der Waals surface area contributed by atoms with Crippen LogP contribution in [0.3, 0.4) is 0 Å². The molecule has 174 valence electrons. The van der Waals surface area contributed by atoms with Crippen molar-refractivity contribution in [3.63, 3.8) is 0 Å². The molecule has 1 N–H and O–H groups in total. The highest BCUT2D eigenvalue weighted by atomic mass is 16.5. The Morgan fingerprint density at radius 2 is 1.13 bits per heavy atom. The van der Waals surface area contributed by atoms with Crippen molar-refractivity contribution < 1.29 is 19.9 Å². The number of piperidine rings is 2. The molecule has 3 heterocycles. The first-order valence-electron chi connectivity index (χ1n) is 10.8. The molecule has 0 aliphatic carbocycles. The topological polar surface area (TPSA) is 123 Å². The Labute approximate surface area is 183 Å². The third-order valence-corrected chi connectivity index (χ3v) is 6.27. The fraction of sp³-hybridized carbons (Fsp3) is 0.857. The van der Waals surface area contributed by atoms with Crippen LogP contribution in [0.25, 0.3) is 0 Å². The van der Waals surface area contributed by atoms with E-state index < -0.39 is 27.8 Å². The second kappa shape index (κ2) is 7.68. The summed E-state index contributed by atoms with van der Waals surface area (Å²) in [4.78, 5) is 22.7. The Balaban J connectivity index is 1.76. The summed E-state index contributed by atoms with van der Waals surface area (Å²) < 4.78 is 11.9. The predicted octanol–water partition coefficient (Wildman–Crippen LogP) is 2.66. The highest BCUT2D eigenvalue weighted by Crippen LogP contribution is 2.39. The number of aromatic amines is 1. The quantitative estimate of drug-likeness (QED) is 0.768. The standard InChI is InChI=1S/C21H35N5O5/c1-18(2)9-13(10-19(3,4)25(18)28)30-16-22-15(27)23-17(24-16)31-14-11-20(5,6)26(29)21(7,8)12-14/h13-14H,9-12H2,1-8H3,(H,22,23,24,27). The molecule has 0 atom stereocenters. The van der Waals surface area contributed by atoms with E-state index in [4.69, 9.17) is 9.47 Å². The van der Waals surface area contributed by atoms with Crippen LogP contribution >= 0.6 is 0 Å². The van der Waals surface area contributed by atoms with Crippen molar-refractivity contribution in [2.45, 2.75) is 115 Å². The smallest absolute Gasteiger partial charge is 0.353 e. The third-order valence-electron chi connectivity index (χ3n) is 6.27. The number of aromatic nitrogens is 3. The molecule has 2 saturated heterocycles. The van der Waals surface area contributed by atoms with E-state index in [0.717, 1.165) is 10.1 Å². The molecule has 10 heteroatoms. The van der Waals surface area contributed by atoms with Crippen molar-refractivity contribution >= 4 is 0 Å². The summed E-state index contributed by atoms with van der Waals surface area (Å²) in [6.45, 7) is 15.0. The molecule has 0 unspecified atom stereocenters. The van der Waals surface area contributed by atoms with E-state index in [0.29, 0.717) is 25.7 Å². The van der Waals surface area contributed by atoms with E-state index in [9.17, 15) is 15.2 Å². The molecule has 0 spiro atoms. The van der Waals surface area contributed by atoms with Crippen molar-refractivity contribution in [2.24, 2.45) is 0 Å². The second-order valence-electron chi connectivity index (χ2n) is 11.4. The minimum atomic E-state index is -0.625. The van der Waals surface area contributed by atoms with Gasteiger partial charge in [-0.3, -0.25) is 4.98 Å². The Kier molecular flexibility index (Phi) is 5.92. The first-order valence-corrected chi connectivity index (χ1v) is 10.8. The Morgan fingerprint density at radius 1 is 0.742 bits per heavy atom. The Bertz CT molecular complexity index is 765. The normalized spacial score (nSPS) is 26.5. The summed E-state index contributed by atoms with van der Waals surface area (Å²) in [5, 5.41) is 27.3. The maximum absolute atomic E-state index is 12.6. The minimum Gasteiger partial charge on any atom is -0.461 e. The predicted molar refractivity (Wildman–Crippen MR) is 111 cm³/mol. The number of nitrogens with zero attached hydrogens (tertiary/aromatic N) is 4. The molecule has 0 saturated carbocycles. The average molecular weight is 438 g/mol. The van der Waals surface area contributed by atoms with Crippen LogP contribution in [0.4, 0.5) is 0 Å². The summed E-state index contributed by atoms with van der Waals surface area (Å²) in [7, 11) is 0. The highest BCUT2D eigenvalue weighted by Gasteiger charge is 2.48. The molecule has 1 aromatic heterocycles. The second-order valence-corrected chi connectivity index (χ2v) is 11.4. The number of ether oxygens (including phenoxy) is 2. The zero-order chi connectivity index (χ0) is 23.4. The van der Waals surface area contributed by atoms with Gasteiger partial charge >= 0.3 is 17.7 Å². The molecular weight excluding hydrogens is 402 g/mol. The van der Waals surface area contributed by atoms with Gasteiger partial charge in [0.15, 0.2) is 0 Å². The van der Waals surface area contributed by atoms with Crippen LogP contribution in [0.5, 0.6) is 12.0 Å². The third kappa shape index (κ3) is 5.02. The van der Waals surface area contributed by atoms with Gasteiger partial charge in [0.1, 0.15) is 12.2 Å². The number of rotatable bonds is 4. The van der Waals surface area contributed by atoms with E-state index in [1.54, 1.807) is 0 Å². The molecule has 0 aromatic carbocycles. The molecule has 2 aliphatic rings. The van der Waals surface area contributed by atoms with E-state index >= 15 is 0 Å². The van der Waals surface area contributed by atoms with Gasteiger partial charge in [0.05, 0.1) is 0 Å². The maximum Gasteiger partial charge on any atom is 0.353 e. The molecule has 0 bridgehead atoms. The van der Waals surface area contributed by atoms with Gasteiger partial charge in [-0.2, -0.15) is 0 Å². The fourth-order valence-corrected chi connectivity index (χ4v) is 5.27. The van der Waals surface area contributed by atoms with Gasteiger partial charge < -0.3 is 9.47 Å². The summed E-state index contributed by atoms with van der Waals surface area (Å²) in [6.07, 6.45) is 1.34. The fourth-order valence-electron chi connectivity index (χ4n) is 5.27. The van der Waals surface area contributed by atoms with Gasteiger partial charge in [-0.05, 0) is 55.4 Å². The molecule has 31 heavy (non-hydrogen) atoms. The Morgan fingerprint density at radius 3 is 1.55 bits per heavy atom. The molecule has 1 aromatic rings. The molecule has 2 fully saturated rings. The molecule has 10 nitrogen and oxygen atoms in total. The monoisotopic (exact) mass is 437 g/mol. The van der Waals surface area contributed by atoms with E-state index in [2.05, 4.69) is 15.0 Å².